The van der Waals surface area contributed by atoms with Crippen molar-refractivity contribution in [2.24, 2.45) is 0 Å². The number of hydrogen-bond donors (Lipinski definition) is 1. The molecule has 0 bridgehead atoms. The van der Waals surface area contributed by atoms with Gasteiger partial charge in [-0.05, 0) is 42.7 Å². The lowest BCUT2D eigenvalue weighted by atomic mass is 10.0. The number of benzene rings is 2. The van der Waals surface area contributed by atoms with E-state index in [1.54, 1.807) is 12.1 Å². The minimum absolute atomic E-state index is 0.0245. The molecule has 1 heterocycles. The average Bonchev–Trinajstić information content (AvgIpc) is 3.09. The summed E-state index contributed by atoms with van der Waals surface area (Å²) >= 11 is 0. The van der Waals surface area contributed by atoms with Crippen LogP contribution in [-0.4, -0.2) is 91.4 Å². The van der Waals surface area contributed by atoms with Crippen LogP contribution in [0.1, 0.15) is 74.2 Å². The summed E-state index contributed by atoms with van der Waals surface area (Å²) in [5.74, 6) is -0.699. The number of aryl methyl sites for hydroxylation is 1. The molecule has 0 saturated carbocycles. The summed E-state index contributed by atoms with van der Waals surface area (Å²) in [6, 6.07) is 9.49. The number of unbranched alkanes of at least 4 members (excludes halogenated alkanes) is 7. The van der Waals surface area contributed by atoms with Crippen molar-refractivity contribution in [2.75, 3.05) is 66.1 Å². The van der Waals surface area contributed by atoms with Crippen molar-refractivity contribution < 1.29 is 46.6 Å². The number of nitro benzene ring substituents is 1. The summed E-state index contributed by atoms with van der Waals surface area (Å²) in [5.41, 5.74) is 0.658. The molecule has 3 rings (SSSR count). The van der Waals surface area contributed by atoms with Crippen molar-refractivity contribution in [1.29, 1.82) is 0 Å². The molecule has 1 fully saturated rings. The van der Waals surface area contributed by atoms with E-state index in [1.165, 1.54) is 32.1 Å². The molecule has 0 aromatic heterocycles. The Bertz CT molecular complexity index is 1320. The van der Waals surface area contributed by atoms with Gasteiger partial charge in [-0.1, -0.05) is 57.9 Å². The zero-order valence-electron chi connectivity index (χ0n) is 27.9. The number of rotatable bonds is 16. The largest absolute Gasteiger partial charge is 0.490 e. The van der Waals surface area contributed by atoms with Gasteiger partial charge in [0.2, 0.25) is 0 Å². The third-order valence-corrected chi connectivity index (χ3v) is 8.97. The Kier molecular flexibility index (Phi) is 18.4. The number of nitrogens with zero attached hydrogens (tertiary/aromatic N) is 1. The Morgan fingerprint density at radius 2 is 1.42 bits per heavy atom. The topological polar surface area (TPSA) is 162 Å². The Morgan fingerprint density at radius 1 is 0.833 bits per heavy atom. The number of nitro groups is 1. The number of carbonyl (C=O) groups excluding carboxylic acids is 1. The minimum Gasteiger partial charge on any atom is -0.490 e. The molecule has 0 radical (unpaired) electrons. The van der Waals surface area contributed by atoms with Gasteiger partial charge in [0.05, 0.1) is 74.8 Å². The van der Waals surface area contributed by atoms with Crippen molar-refractivity contribution in [3.8, 4) is 5.75 Å². The smallest absolute Gasteiger partial charge is 0.269 e. The van der Waals surface area contributed by atoms with Crippen molar-refractivity contribution in [3.63, 3.8) is 0 Å². The van der Waals surface area contributed by atoms with Gasteiger partial charge in [-0.15, -0.1) is 0 Å². The first-order valence-corrected chi connectivity index (χ1v) is 18.3. The van der Waals surface area contributed by atoms with E-state index in [9.17, 15) is 23.3 Å². The number of amides is 1. The summed E-state index contributed by atoms with van der Waals surface area (Å²) in [5, 5.41) is 11.0. The predicted molar refractivity (Wildman–Crippen MR) is 179 cm³/mol. The number of non-ortho nitro benzene ring substituents is 1. The van der Waals surface area contributed by atoms with Crippen LogP contribution in [0.25, 0.3) is 0 Å². The highest BCUT2D eigenvalue weighted by Gasteiger charge is 2.23. The van der Waals surface area contributed by atoms with Crippen LogP contribution in [0, 0.1) is 10.1 Å². The highest BCUT2D eigenvalue weighted by molar-refractivity contribution is 7.90. The van der Waals surface area contributed by atoms with Crippen molar-refractivity contribution in [3.05, 3.63) is 63.7 Å². The van der Waals surface area contributed by atoms with Gasteiger partial charge in [0.15, 0.2) is 0 Å². The Morgan fingerprint density at radius 3 is 2.04 bits per heavy atom. The Balaban J connectivity index is 1.71. The summed E-state index contributed by atoms with van der Waals surface area (Å²) in [6.45, 7) is 5.59. The van der Waals surface area contributed by atoms with Crippen molar-refractivity contribution >= 4 is 21.6 Å². The molecule has 1 amide bonds. The summed E-state index contributed by atoms with van der Waals surface area (Å²) < 4.78 is 62.4. The van der Waals surface area contributed by atoms with Gasteiger partial charge >= 0.3 is 0 Å². The van der Waals surface area contributed by atoms with Gasteiger partial charge in [-0.2, -0.15) is 0 Å². The maximum absolute atomic E-state index is 13.5. The van der Waals surface area contributed by atoms with E-state index in [2.05, 4.69) is 11.6 Å². The second-order valence-corrected chi connectivity index (χ2v) is 13.1. The Labute approximate surface area is 283 Å². The highest BCUT2D eigenvalue weighted by atomic mass is 32.2. The molecule has 1 aliphatic heterocycles. The van der Waals surface area contributed by atoms with Crippen LogP contribution in [0.5, 0.6) is 5.75 Å². The molecule has 1 saturated heterocycles. The van der Waals surface area contributed by atoms with Crippen LogP contribution in [-0.2, 0) is 40.1 Å². The van der Waals surface area contributed by atoms with Crippen LogP contribution in [0.2, 0.25) is 0 Å². The number of nitrogens with one attached hydrogen (secondary N) is 1. The quantitative estimate of drug-likeness (QED) is 0.139. The van der Waals surface area contributed by atoms with Crippen molar-refractivity contribution in [1.82, 2.24) is 4.72 Å². The third kappa shape index (κ3) is 15.0. The molecule has 268 valence electrons. The monoisotopic (exact) mass is 694 g/mol. The van der Waals surface area contributed by atoms with Crippen molar-refractivity contribution in [2.45, 2.75) is 75.7 Å². The molecule has 1 unspecified atom stereocenters. The third-order valence-electron chi connectivity index (χ3n) is 7.62. The molecule has 14 heteroatoms. The first kappa shape index (κ1) is 39.3. The molecule has 2 aromatic carbocycles. The van der Waals surface area contributed by atoms with Gasteiger partial charge in [-0.3, -0.25) is 14.9 Å². The molecular formula is C34H50N2O11S. The van der Waals surface area contributed by atoms with Crippen LogP contribution < -0.4 is 9.46 Å². The zero-order valence-corrected chi connectivity index (χ0v) is 28.7. The number of ether oxygens (including phenoxy) is 6. The van der Waals surface area contributed by atoms with E-state index in [0.29, 0.717) is 46.2 Å². The lowest BCUT2D eigenvalue weighted by Crippen LogP contribution is -2.32. The standard InChI is InChI=1S/C34H50N2O11S/c1-2-3-4-5-6-7-8-9-10-28-11-16-33(47-27-30-26-45-22-21-43-18-17-42-19-20-44-23-24-46-30)32(25-28)34(37)35-48(40,41)31-14-12-29(13-15-31)36(38)39/h11-16,25,30H,2-10,17-24,26-27H2,1H3,(H,35,37). The van der Waals surface area contributed by atoms with Gasteiger partial charge < -0.3 is 28.4 Å². The number of hydrogen-bond acceptors (Lipinski definition) is 11. The molecule has 1 atom stereocenters. The zero-order chi connectivity index (χ0) is 34.5. The van der Waals surface area contributed by atoms with Gasteiger partial charge in [0.1, 0.15) is 18.5 Å². The molecule has 2 aromatic rings. The summed E-state index contributed by atoms with van der Waals surface area (Å²) in [7, 11) is -4.34. The molecule has 0 aliphatic carbocycles. The van der Waals surface area contributed by atoms with Crippen LogP contribution in [0.4, 0.5) is 5.69 Å². The number of sulfonamides is 1. The Hall–Kier alpha value is -3.14. The van der Waals surface area contributed by atoms with E-state index in [4.69, 9.17) is 28.4 Å². The maximum Gasteiger partial charge on any atom is 0.269 e. The second kappa shape index (κ2) is 22.5. The molecule has 1 N–H and O–H groups in total. The van der Waals surface area contributed by atoms with E-state index in [-0.39, 0.29) is 41.7 Å². The average molecular weight is 695 g/mol. The predicted octanol–water partition coefficient (Wildman–Crippen LogP) is 5.24. The SMILES string of the molecule is CCCCCCCCCCc1ccc(OCC2COCCOCCOCCOCCO2)c(C(=O)NS(=O)(=O)c2ccc([N+](=O)[O-])cc2)c1. The highest BCUT2D eigenvalue weighted by Crippen LogP contribution is 2.24. The molecule has 0 spiro atoms. The fourth-order valence-electron chi connectivity index (χ4n) is 4.96. The molecule has 1 aliphatic rings. The van der Waals surface area contributed by atoms with E-state index < -0.39 is 27.0 Å². The fourth-order valence-corrected chi connectivity index (χ4v) is 5.92. The van der Waals surface area contributed by atoms with E-state index in [1.807, 2.05) is 6.07 Å². The first-order chi connectivity index (χ1) is 23.3. The van der Waals surface area contributed by atoms with E-state index in [0.717, 1.165) is 55.5 Å². The fraction of sp³-hybridized carbons (Fsp3) is 0.618. The van der Waals surface area contributed by atoms with Crippen LogP contribution in [0.3, 0.4) is 0 Å². The van der Waals surface area contributed by atoms with Crippen LogP contribution in [0.15, 0.2) is 47.4 Å². The van der Waals surface area contributed by atoms with E-state index >= 15 is 0 Å². The van der Waals surface area contributed by atoms with Crippen LogP contribution >= 0.6 is 0 Å². The molecule has 48 heavy (non-hydrogen) atoms. The minimum atomic E-state index is -4.34. The summed E-state index contributed by atoms with van der Waals surface area (Å²) in [6.07, 6.45) is 9.51. The van der Waals surface area contributed by atoms with Gasteiger partial charge in [-0.25, -0.2) is 13.1 Å². The maximum atomic E-state index is 13.5. The molecular weight excluding hydrogens is 644 g/mol. The van der Waals surface area contributed by atoms with Gasteiger partial charge in [0, 0.05) is 12.1 Å². The first-order valence-electron chi connectivity index (χ1n) is 16.8. The second-order valence-electron chi connectivity index (χ2n) is 11.5. The normalized spacial score (nSPS) is 17.1. The number of carbonyl (C=O) groups is 1. The lowest BCUT2D eigenvalue weighted by Gasteiger charge is -2.20. The molecule has 13 nitrogen and oxygen atoms in total. The lowest BCUT2D eigenvalue weighted by molar-refractivity contribution is -0.384. The van der Waals surface area contributed by atoms with Gasteiger partial charge in [0.25, 0.3) is 21.6 Å². The summed E-state index contributed by atoms with van der Waals surface area (Å²) in [4.78, 5) is 23.6.